The maximum absolute atomic E-state index is 11.9. The van der Waals surface area contributed by atoms with E-state index in [9.17, 15) is 4.79 Å². The van der Waals surface area contributed by atoms with E-state index in [-0.39, 0.29) is 5.91 Å². The fourth-order valence-corrected chi connectivity index (χ4v) is 2.43. The zero-order valence-corrected chi connectivity index (χ0v) is 8.35. The van der Waals surface area contributed by atoms with Crippen molar-refractivity contribution in [3.05, 3.63) is 18.0 Å². The summed E-state index contributed by atoms with van der Waals surface area (Å²) in [6.07, 6.45) is 2.68. The highest BCUT2D eigenvalue weighted by molar-refractivity contribution is 5.92. The Hall–Kier alpha value is -1.36. The summed E-state index contributed by atoms with van der Waals surface area (Å²) in [6.45, 7) is 2.85. The van der Waals surface area contributed by atoms with Crippen LogP contribution < -0.4 is 5.32 Å². The lowest BCUT2D eigenvalue weighted by atomic mass is 9.83. The van der Waals surface area contributed by atoms with Gasteiger partial charge in [-0.1, -0.05) is 5.16 Å². The number of hydrogen-bond donors (Lipinski definition) is 1. The number of rotatable bonds is 1. The van der Waals surface area contributed by atoms with Crippen LogP contribution in [0.5, 0.6) is 0 Å². The summed E-state index contributed by atoms with van der Waals surface area (Å²) < 4.78 is 4.87. The third kappa shape index (κ3) is 1.34. The third-order valence-electron chi connectivity index (χ3n) is 3.33. The number of aromatic nitrogens is 1. The molecule has 0 radical (unpaired) electrons. The van der Waals surface area contributed by atoms with Crippen molar-refractivity contribution >= 4 is 5.91 Å². The molecular weight excluding hydrogens is 194 g/mol. The zero-order valence-electron chi connectivity index (χ0n) is 8.35. The molecule has 5 nitrogen and oxygen atoms in total. The summed E-state index contributed by atoms with van der Waals surface area (Å²) in [6, 6.07) is 1.97. The van der Waals surface area contributed by atoms with Gasteiger partial charge in [-0.25, -0.2) is 0 Å². The summed E-state index contributed by atoms with van der Waals surface area (Å²) in [5, 5.41) is 6.86. The SMILES string of the molecule is O=C(c1ccno1)N1CC2CCNCC21. The normalized spacial score (nSPS) is 29.5. The first-order valence-corrected chi connectivity index (χ1v) is 5.28. The Bertz CT molecular complexity index is 363. The predicted octanol–water partition coefficient (Wildman–Crippen LogP) is 0.108. The second kappa shape index (κ2) is 3.34. The smallest absolute Gasteiger partial charge is 0.292 e. The molecule has 0 spiro atoms. The van der Waals surface area contributed by atoms with Crippen molar-refractivity contribution in [1.82, 2.24) is 15.4 Å². The Labute approximate surface area is 87.4 Å². The summed E-state index contributed by atoms with van der Waals surface area (Å²) in [7, 11) is 0. The molecule has 1 amide bonds. The van der Waals surface area contributed by atoms with Crippen molar-refractivity contribution in [1.29, 1.82) is 0 Å². The minimum absolute atomic E-state index is 0.0301. The van der Waals surface area contributed by atoms with Crippen LogP contribution in [0.3, 0.4) is 0 Å². The fourth-order valence-electron chi connectivity index (χ4n) is 2.43. The second-order valence-electron chi connectivity index (χ2n) is 4.15. The van der Waals surface area contributed by atoms with Gasteiger partial charge in [0.25, 0.3) is 5.91 Å². The highest BCUT2D eigenvalue weighted by atomic mass is 16.5. The van der Waals surface area contributed by atoms with Gasteiger partial charge in [-0.2, -0.15) is 0 Å². The summed E-state index contributed by atoms with van der Waals surface area (Å²) >= 11 is 0. The molecule has 3 rings (SSSR count). The number of fused-ring (bicyclic) bond motifs is 1. The van der Waals surface area contributed by atoms with Crippen LogP contribution in [-0.4, -0.2) is 41.6 Å². The van der Waals surface area contributed by atoms with E-state index in [0.717, 1.165) is 19.6 Å². The number of amides is 1. The van der Waals surface area contributed by atoms with Gasteiger partial charge < -0.3 is 14.7 Å². The van der Waals surface area contributed by atoms with Gasteiger partial charge in [0.15, 0.2) is 0 Å². The number of carbonyl (C=O) groups is 1. The molecule has 2 saturated heterocycles. The second-order valence-corrected chi connectivity index (χ2v) is 4.15. The average Bonchev–Trinajstić information content (AvgIpc) is 2.72. The first-order chi connectivity index (χ1) is 7.36. The largest absolute Gasteiger partial charge is 0.351 e. The van der Waals surface area contributed by atoms with Crippen LogP contribution in [0.4, 0.5) is 0 Å². The van der Waals surface area contributed by atoms with Crippen molar-refractivity contribution in [2.45, 2.75) is 12.5 Å². The summed E-state index contributed by atoms with van der Waals surface area (Å²) in [4.78, 5) is 13.8. The molecule has 15 heavy (non-hydrogen) atoms. The fraction of sp³-hybridized carbons (Fsp3) is 0.600. The third-order valence-corrected chi connectivity index (χ3v) is 3.33. The molecule has 3 heterocycles. The highest BCUT2D eigenvalue weighted by Gasteiger charge is 2.43. The van der Waals surface area contributed by atoms with Crippen molar-refractivity contribution < 1.29 is 9.32 Å². The number of piperidine rings is 1. The van der Waals surface area contributed by atoms with Crippen molar-refractivity contribution in [2.24, 2.45) is 5.92 Å². The molecule has 1 aromatic rings. The van der Waals surface area contributed by atoms with E-state index < -0.39 is 0 Å². The number of nitrogens with zero attached hydrogens (tertiary/aromatic N) is 2. The van der Waals surface area contributed by atoms with E-state index in [1.807, 2.05) is 4.90 Å². The maximum Gasteiger partial charge on any atom is 0.292 e. The van der Waals surface area contributed by atoms with E-state index >= 15 is 0 Å². The predicted molar refractivity (Wildman–Crippen MR) is 52.3 cm³/mol. The Kier molecular flexibility index (Phi) is 1.98. The molecule has 0 saturated carbocycles. The van der Waals surface area contributed by atoms with Gasteiger partial charge in [0.1, 0.15) is 0 Å². The lowest BCUT2D eigenvalue weighted by Gasteiger charge is -2.50. The molecule has 1 N–H and O–H groups in total. The van der Waals surface area contributed by atoms with Crippen molar-refractivity contribution in [3.8, 4) is 0 Å². The Morgan fingerprint density at radius 2 is 2.60 bits per heavy atom. The summed E-state index contributed by atoms with van der Waals surface area (Å²) in [5.41, 5.74) is 0. The van der Waals surface area contributed by atoms with Gasteiger partial charge in [0.2, 0.25) is 5.76 Å². The lowest BCUT2D eigenvalue weighted by molar-refractivity contribution is -0.000161. The molecular formula is C10H13N3O2. The van der Waals surface area contributed by atoms with Crippen LogP contribution in [-0.2, 0) is 0 Å². The van der Waals surface area contributed by atoms with Crippen molar-refractivity contribution in [2.75, 3.05) is 19.6 Å². The monoisotopic (exact) mass is 207 g/mol. The zero-order chi connectivity index (χ0) is 10.3. The molecule has 1 aromatic heterocycles. The average molecular weight is 207 g/mol. The molecule has 2 atom stereocenters. The van der Waals surface area contributed by atoms with E-state index in [2.05, 4.69) is 10.5 Å². The van der Waals surface area contributed by atoms with E-state index in [0.29, 0.717) is 17.7 Å². The standard InChI is InChI=1S/C10H13N3O2/c14-10(9-2-4-12-15-9)13-6-7-1-3-11-5-8(7)13/h2,4,7-8,11H,1,3,5-6H2. The van der Waals surface area contributed by atoms with Gasteiger partial charge in [-0.05, 0) is 18.9 Å². The van der Waals surface area contributed by atoms with E-state index in [1.165, 1.54) is 12.6 Å². The van der Waals surface area contributed by atoms with Crippen LogP contribution in [0.25, 0.3) is 0 Å². The van der Waals surface area contributed by atoms with Gasteiger partial charge in [0, 0.05) is 25.2 Å². The Morgan fingerprint density at radius 1 is 1.67 bits per heavy atom. The number of hydrogen-bond acceptors (Lipinski definition) is 4. The molecule has 2 fully saturated rings. The topological polar surface area (TPSA) is 58.4 Å². The first kappa shape index (κ1) is 8.91. The quantitative estimate of drug-likeness (QED) is 0.710. The lowest BCUT2D eigenvalue weighted by Crippen LogP contribution is -2.65. The Balaban J connectivity index is 1.72. The summed E-state index contributed by atoms with van der Waals surface area (Å²) in [5.74, 6) is 0.995. The molecule has 0 bridgehead atoms. The van der Waals surface area contributed by atoms with Crippen LogP contribution in [0, 0.1) is 5.92 Å². The van der Waals surface area contributed by atoms with Crippen molar-refractivity contribution in [3.63, 3.8) is 0 Å². The molecule has 2 aliphatic rings. The molecule has 2 aliphatic heterocycles. The minimum Gasteiger partial charge on any atom is -0.351 e. The first-order valence-electron chi connectivity index (χ1n) is 5.28. The van der Waals surface area contributed by atoms with E-state index in [4.69, 9.17) is 4.52 Å². The van der Waals surface area contributed by atoms with E-state index in [1.54, 1.807) is 6.07 Å². The number of likely N-dealkylation sites (tertiary alicyclic amines) is 1. The van der Waals surface area contributed by atoms with Gasteiger partial charge in [-0.15, -0.1) is 0 Å². The van der Waals surface area contributed by atoms with Crippen LogP contribution in [0.1, 0.15) is 17.0 Å². The highest BCUT2D eigenvalue weighted by Crippen LogP contribution is 2.30. The van der Waals surface area contributed by atoms with Crippen LogP contribution in [0.2, 0.25) is 0 Å². The maximum atomic E-state index is 11.9. The molecule has 80 valence electrons. The number of carbonyl (C=O) groups excluding carboxylic acids is 1. The molecule has 2 unspecified atom stereocenters. The van der Waals surface area contributed by atoms with Gasteiger partial charge >= 0.3 is 0 Å². The van der Waals surface area contributed by atoms with Crippen LogP contribution in [0.15, 0.2) is 16.8 Å². The molecule has 0 aliphatic carbocycles. The van der Waals surface area contributed by atoms with Gasteiger partial charge in [0.05, 0.1) is 6.20 Å². The van der Waals surface area contributed by atoms with Crippen LogP contribution >= 0.6 is 0 Å². The minimum atomic E-state index is -0.0301. The molecule has 0 aromatic carbocycles. The van der Waals surface area contributed by atoms with Gasteiger partial charge in [-0.3, -0.25) is 4.79 Å². The number of nitrogens with one attached hydrogen (secondary N) is 1. The molecule has 5 heteroatoms. The Morgan fingerprint density at radius 3 is 3.33 bits per heavy atom.